The molecule has 1 aliphatic carbocycles. The first-order chi connectivity index (χ1) is 7.91. The third-order valence-electron chi connectivity index (χ3n) is 4.58. The van der Waals surface area contributed by atoms with Gasteiger partial charge in [0.2, 0.25) is 7.28 Å². The molecular formula is C14H27BO2. The first-order valence-electron chi connectivity index (χ1n) is 7.19. The van der Waals surface area contributed by atoms with Crippen LogP contribution in [0.2, 0.25) is 5.31 Å². The van der Waals surface area contributed by atoms with Crippen molar-refractivity contribution in [3.63, 3.8) is 0 Å². The molecule has 2 aliphatic rings. The third kappa shape index (κ3) is 3.48. The summed E-state index contributed by atoms with van der Waals surface area (Å²) in [6.07, 6.45) is 5.38. The van der Waals surface area contributed by atoms with E-state index in [0.29, 0.717) is 11.2 Å². The molecule has 2 fully saturated rings. The van der Waals surface area contributed by atoms with Crippen molar-refractivity contribution < 1.29 is 9.47 Å². The lowest BCUT2D eigenvalue weighted by Crippen LogP contribution is -2.49. The van der Waals surface area contributed by atoms with Crippen LogP contribution in [0.25, 0.3) is 0 Å². The Bertz CT molecular complexity index is 225. The van der Waals surface area contributed by atoms with Crippen LogP contribution in [0.5, 0.6) is 0 Å². The minimum absolute atomic E-state index is 0.332. The Labute approximate surface area is 107 Å². The zero-order chi connectivity index (χ0) is 12.5. The highest BCUT2D eigenvalue weighted by atomic mass is 16.7. The van der Waals surface area contributed by atoms with Crippen molar-refractivity contribution >= 4 is 7.28 Å². The fraction of sp³-hybridized carbons (Fsp3) is 1.00. The summed E-state index contributed by atoms with van der Waals surface area (Å²) in [5.74, 6) is 1.45. The number of hydrogen-bond acceptors (Lipinski definition) is 2. The SMILES string of the molecule is C[C@H]1CC[C@@](C)(B[C@]2(C)OC[C@H](C)CO2)CC1. The molecule has 2 rings (SSSR count). The predicted molar refractivity (Wildman–Crippen MR) is 72.6 cm³/mol. The van der Waals surface area contributed by atoms with E-state index in [-0.39, 0.29) is 5.69 Å². The van der Waals surface area contributed by atoms with Gasteiger partial charge in [0.05, 0.1) is 13.2 Å². The Morgan fingerprint density at radius 2 is 1.47 bits per heavy atom. The lowest BCUT2D eigenvalue weighted by Gasteiger charge is -2.44. The Morgan fingerprint density at radius 3 is 2.00 bits per heavy atom. The Hall–Kier alpha value is -0.0151. The van der Waals surface area contributed by atoms with Gasteiger partial charge in [0.15, 0.2) is 0 Å². The van der Waals surface area contributed by atoms with Gasteiger partial charge in [-0.15, -0.1) is 0 Å². The molecular weight excluding hydrogens is 211 g/mol. The molecule has 3 heteroatoms. The van der Waals surface area contributed by atoms with Crippen LogP contribution in [0, 0.1) is 11.8 Å². The second kappa shape index (κ2) is 4.93. The first-order valence-corrected chi connectivity index (χ1v) is 7.19. The van der Waals surface area contributed by atoms with Crippen molar-refractivity contribution in [3.05, 3.63) is 0 Å². The van der Waals surface area contributed by atoms with E-state index in [9.17, 15) is 0 Å². The van der Waals surface area contributed by atoms with Crippen LogP contribution in [0.4, 0.5) is 0 Å². The zero-order valence-corrected chi connectivity index (χ0v) is 11.9. The highest BCUT2D eigenvalue weighted by molar-refractivity contribution is 6.43. The van der Waals surface area contributed by atoms with E-state index in [1.807, 2.05) is 0 Å². The summed E-state index contributed by atoms with van der Waals surface area (Å²) in [6.45, 7) is 10.8. The average Bonchev–Trinajstić information content (AvgIpc) is 2.28. The molecule has 98 valence electrons. The topological polar surface area (TPSA) is 18.5 Å². The normalized spacial score (nSPS) is 47.8. The molecule has 0 spiro atoms. The van der Waals surface area contributed by atoms with Crippen LogP contribution in [-0.2, 0) is 9.47 Å². The molecule has 0 unspecified atom stereocenters. The van der Waals surface area contributed by atoms with E-state index in [0.717, 1.165) is 26.4 Å². The summed E-state index contributed by atoms with van der Waals surface area (Å²) in [4.78, 5) is 0. The molecule has 17 heavy (non-hydrogen) atoms. The third-order valence-corrected chi connectivity index (χ3v) is 4.58. The van der Waals surface area contributed by atoms with E-state index in [2.05, 4.69) is 27.7 Å². The van der Waals surface area contributed by atoms with E-state index in [1.165, 1.54) is 25.7 Å². The minimum Gasteiger partial charge on any atom is -0.358 e. The number of ether oxygens (including phenoxy) is 2. The van der Waals surface area contributed by atoms with Crippen molar-refractivity contribution in [2.45, 2.75) is 64.4 Å². The van der Waals surface area contributed by atoms with Gasteiger partial charge in [-0.25, -0.2) is 0 Å². The van der Waals surface area contributed by atoms with Gasteiger partial charge in [0.25, 0.3) is 0 Å². The summed E-state index contributed by atoms with van der Waals surface area (Å²) in [5, 5.41) is 0.418. The van der Waals surface area contributed by atoms with Gasteiger partial charge < -0.3 is 9.47 Å². The van der Waals surface area contributed by atoms with E-state index >= 15 is 0 Å². The maximum atomic E-state index is 5.95. The van der Waals surface area contributed by atoms with Crippen LogP contribution in [-0.4, -0.2) is 26.2 Å². The maximum Gasteiger partial charge on any atom is 0.203 e. The van der Waals surface area contributed by atoms with Crippen molar-refractivity contribution in [1.82, 2.24) is 0 Å². The molecule has 0 atom stereocenters. The standard InChI is InChI=1S/C14H27BO2/c1-11-5-7-13(3,8-6-11)15-14(4)16-9-12(2)10-17-14/h11-12,15H,5-10H2,1-4H3/t11-,12-,13+,14+. The molecule has 0 aromatic heterocycles. The van der Waals surface area contributed by atoms with Crippen LogP contribution in [0.1, 0.15) is 53.4 Å². The Kier molecular flexibility index (Phi) is 3.89. The largest absolute Gasteiger partial charge is 0.358 e. The van der Waals surface area contributed by atoms with E-state index < -0.39 is 0 Å². The molecule has 0 amide bonds. The maximum absolute atomic E-state index is 5.95. The van der Waals surface area contributed by atoms with Crippen LogP contribution in [0.3, 0.4) is 0 Å². The van der Waals surface area contributed by atoms with Crippen molar-refractivity contribution in [1.29, 1.82) is 0 Å². The number of rotatable bonds is 2. The second-order valence-electron chi connectivity index (χ2n) is 7.03. The summed E-state index contributed by atoms with van der Waals surface area (Å²) in [6, 6.07) is 0. The van der Waals surface area contributed by atoms with Gasteiger partial charge in [0, 0.05) is 5.92 Å². The minimum atomic E-state index is -0.332. The van der Waals surface area contributed by atoms with Gasteiger partial charge >= 0.3 is 0 Å². The summed E-state index contributed by atoms with van der Waals surface area (Å²) < 4.78 is 11.9. The molecule has 0 aromatic rings. The van der Waals surface area contributed by atoms with Crippen molar-refractivity contribution in [2.24, 2.45) is 11.8 Å². The molecule has 1 saturated heterocycles. The smallest absolute Gasteiger partial charge is 0.203 e. The lowest BCUT2D eigenvalue weighted by molar-refractivity contribution is -0.222. The van der Waals surface area contributed by atoms with Crippen LogP contribution in [0.15, 0.2) is 0 Å². The molecule has 1 saturated carbocycles. The van der Waals surface area contributed by atoms with Gasteiger partial charge in [-0.1, -0.05) is 51.8 Å². The van der Waals surface area contributed by atoms with Gasteiger partial charge in [-0.05, 0) is 12.8 Å². The highest BCUT2D eigenvalue weighted by Crippen LogP contribution is 2.46. The quantitative estimate of drug-likeness (QED) is 0.688. The fourth-order valence-electron chi connectivity index (χ4n) is 3.24. The van der Waals surface area contributed by atoms with Crippen LogP contribution >= 0.6 is 0 Å². The van der Waals surface area contributed by atoms with E-state index in [4.69, 9.17) is 9.47 Å². The molecule has 0 N–H and O–H groups in total. The molecule has 1 aliphatic heterocycles. The van der Waals surface area contributed by atoms with Crippen molar-refractivity contribution in [2.75, 3.05) is 13.2 Å². The van der Waals surface area contributed by atoms with Gasteiger partial charge in [0.1, 0.15) is 5.69 Å². The van der Waals surface area contributed by atoms with Gasteiger partial charge in [-0.3, -0.25) is 0 Å². The average molecular weight is 238 g/mol. The molecule has 0 bridgehead atoms. The van der Waals surface area contributed by atoms with E-state index in [1.54, 1.807) is 0 Å². The summed E-state index contributed by atoms with van der Waals surface area (Å²) in [5.41, 5.74) is -0.332. The predicted octanol–water partition coefficient (Wildman–Crippen LogP) is 3.17. The van der Waals surface area contributed by atoms with Crippen molar-refractivity contribution in [3.8, 4) is 0 Å². The second-order valence-corrected chi connectivity index (χ2v) is 7.03. The van der Waals surface area contributed by atoms with Crippen LogP contribution < -0.4 is 0 Å². The Morgan fingerprint density at radius 1 is 0.941 bits per heavy atom. The summed E-state index contributed by atoms with van der Waals surface area (Å²) in [7, 11) is 1.06. The summed E-state index contributed by atoms with van der Waals surface area (Å²) >= 11 is 0. The fourth-order valence-corrected chi connectivity index (χ4v) is 3.24. The highest BCUT2D eigenvalue weighted by Gasteiger charge is 2.42. The lowest BCUT2D eigenvalue weighted by atomic mass is 9.43. The Balaban J connectivity index is 1.91. The molecule has 0 radical (unpaired) electrons. The number of hydrogen-bond donors (Lipinski definition) is 0. The molecule has 1 heterocycles. The zero-order valence-electron chi connectivity index (χ0n) is 11.9. The first kappa shape index (κ1) is 13.4. The monoisotopic (exact) mass is 238 g/mol. The molecule has 2 nitrogen and oxygen atoms in total. The van der Waals surface area contributed by atoms with Gasteiger partial charge in [-0.2, -0.15) is 0 Å². The molecule has 0 aromatic carbocycles.